The van der Waals surface area contributed by atoms with Crippen LogP contribution >= 0.6 is 0 Å². The van der Waals surface area contributed by atoms with Crippen LogP contribution in [0, 0.1) is 35.5 Å². The molecule has 2 nitrogen and oxygen atoms in total. The molecule has 3 saturated carbocycles. The standard InChI is InChI=1S/C26H24O2/c27-26(20-7-3-5-15-10-14-4-1-2-6-19(14)24(15)20)28-22-13-18-12-21(22)25-17-9-8-16(11-17)23(18)25/h1-9,16-18,21-23,25H,10-13H2. The summed E-state index contributed by atoms with van der Waals surface area (Å²) in [6.45, 7) is 0. The third kappa shape index (κ3) is 1.91. The SMILES string of the molecule is O=C(OC1CC2CC1C1C3C=CC(C3)C21)c1cccc2c1-c1ccccc1C2. The van der Waals surface area contributed by atoms with Crippen LogP contribution in [0.5, 0.6) is 0 Å². The second kappa shape index (κ2) is 5.37. The Morgan fingerprint density at radius 1 is 0.857 bits per heavy atom. The zero-order valence-corrected chi connectivity index (χ0v) is 15.9. The summed E-state index contributed by atoms with van der Waals surface area (Å²) < 4.78 is 6.22. The van der Waals surface area contributed by atoms with Gasteiger partial charge in [-0.2, -0.15) is 0 Å². The molecule has 28 heavy (non-hydrogen) atoms. The third-order valence-electron chi connectivity index (χ3n) is 8.51. The van der Waals surface area contributed by atoms with Crippen LogP contribution in [0.4, 0.5) is 0 Å². The van der Waals surface area contributed by atoms with E-state index in [1.165, 1.54) is 29.5 Å². The number of benzene rings is 2. The van der Waals surface area contributed by atoms with Crippen molar-refractivity contribution < 1.29 is 9.53 Å². The predicted molar refractivity (Wildman–Crippen MR) is 108 cm³/mol. The molecule has 0 N–H and O–H groups in total. The second-order valence-electron chi connectivity index (χ2n) is 9.62. The van der Waals surface area contributed by atoms with Crippen molar-refractivity contribution in [2.24, 2.45) is 35.5 Å². The van der Waals surface area contributed by atoms with Gasteiger partial charge >= 0.3 is 5.97 Å². The number of esters is 1. The van der Waals surface area contributed by atoms with Crippen molar-refractivity contribution >= 4 is 5.97 Å². The van der Waals surface area contributed by atoms with Crippen LogP contribution in [0.2, 0.25) is 0 Å². The van der Waals surface area contributed by atoms with Crippen molar-refractivity contribution in [3.05, 3.63) is 71.3 Å². The van der Waals surface area contributed by atoms with Crippen molar-refractivity contribution in [2.45, 2.75) is 31.8 Å². The van der Waals surface area contributed by atoms with Gasteiger partial charge in [-0.1, -0.05) is 48.6 Å². The summed E-state index contributed by atoms with van der Waals surface area (Å²) in [4.78, 5) is 13.3. The summed E-state index contributed by atoms with van der Waals surface area (Å²) in [6, 6.07) is 14.6. The van der Waals surface area contributed by atoms with Gasteiger partial charge in [-0.05, 0) is 89.5 Å². The Kier molecular flexibility index (Phi) is 2.99. The van der Waals surface area contributed by atoms with E-state index in [0.29, 0.717) is 5.92 Å². The third-order valence-corrected chi connectivity index (χ3v) is 8.51. The van der Waals surface area contributed by atoms with E-state index in [2.05, 4.69) is 42.5 Å². The molecule has 0 spiro atoms. The lowest BCUT2D eigenvalue weighted by Crippen LogP contribution is -2.36. The number of allylic oxidation sites excluding steroid dienone is 2. The summed E-state index contributed by atoms with van der Waals surface area (Å²) >= 11 is 0. The first kappa shape index (κ1) is 15.6. The number of carbonyl (C=O) groups excluding carboxylic acids is 1. The Morgan fingerprint density at radius 2 is 1.68 bits per heavy atom. The van der Waals surface area contributed by atoms with Gasteiger partial charge in [0.2, 0.25) is 0 Å². The lowest BCUT2D eigenvalue weighted by Gasteiger charge is -2.36. The maximum Gasteiger partial charge on any atom is 0.339 e. The Hall–Kier alpha value is -2.35. The van der Waals surface area contributed by atoms with Crippen molar-refractivity contribution in [3.63, 3.8) is 0 Å². The molecule has 140 valence electrons. The first-order valence-corrected chi connectivity index (χ1v) is 10.9. The average Bonchev–Trinajstić information content (AvgIpc) is 3.50. The fourth-order valence-electron chi connectivity index (χ4n) is 7.65. The van der Waals surface area contributed by atoms with Crippen LogP contribution in [0.1, 0.15) is 40.7 Å². The Labute approximate surface area is 165 Å². The van der Waals surface area contributed by atoms with Gasteiger partial charge in [0.25, 0.3) is 0 Å². The molecule has 5 aliphatic rings. The molecule has 2 aromatic rings. The van der Waals surface area contributed by atoms with Gasteiger partial charge in [-0.25, -0.2) is 4.79 Å². The molecule has 0 saturated heterocycles. The molecule has 0 radical (unpaired) electrons. The lowest BCUT2D eigenvalue weighted by atomic mass is 9.72. The van der Waals surface area contributed by atoms with Crippen LogP contribution in [0.25, 0.3) is 11.1 Å². The van der Waals surface area contributed by atoms with Gasteiger partial charge in [0.15, 0.2) is 0 Å². The van der Waals surface area contributed by atoms with Crippen LogP contribution in [0.3, 0.4) is 0 Å². The molecular weight excluding hydrogens is 344 g/mol. The molecule has 0 aliphatic heterocycles. The summed E-state index contributed by atoms with van der Waals surface area (Å²) in [6.07, 6.45) is 9.67. The van der Waals surface area contributed by atoms with E-state index < -0.39 is 0 Å². The molecule has 3 fully saturated rings. The minimum Gasteiger partial charge on any atom is -0.458 e. The summed E-state index contributed by atoms with van der Waals surface area (Å²) in [5, 5.41) is 0. The number of ether oxygens (including phenoxy) is 1. The van der Waals surface area contributed by atoms with E-state index in [4.69, 9.17) is 4.74 Å². The van der Waals surface area contributed by atoms with E-state index >= 15 is 0 Å². The number of carbonyl (C=O) groups is 1. The summed E-state index contributed by atoms with van der Waals surface area (Å²) in [5.41, 5.74) is 5.63. The number of hydrogen-bond donors (Lipinski definition) is 0. The lowest BCUT2D eigenvalue weighted by molar-refractivity contribution is -0.00403. The van der Waals surface area contributed by atoms with Crippen molar-refractivity contribution in [3.8, 4) is 11.1 Å². The molecule has 7 unspecified atom stereocenters. The molecule has 0 aromatic heterocycles. The summed E-state index contributed by atoms with van der Waals surface area (Å²) in [5.74, 6) is 4.46. The smallest absolute Gasteiger partial charge is 0.339 e. The van der Waals surface area contributed by atoms with Gasteiger partial charge in [-0.15, -0.1) is 0 Å². The molecule has 2 heteroatoms. The molecule has 7 atom stereocenters. The fourth-order valence-corrected chi connectivity index (χ4v) is 7.65. The van der Waals surface area contributed by atoms with E-state index in [9.17, 15) is 4.79 Å². The average molecular weight is 368 g/mol. The molecule has 0 amide bonds. The van der Waals surface area contributed by atoms with Gasteiger partial charge in [-0.3, -0.25) is 0 Å². The highest BCUT2D eigenvalue weighted by molar-refractivity contribution is 6.00. The fraction of sp³-hybridized carbons (Fsp3) is 0.423. The van der Waals surface area contributed by atoms with Crippen molar-refractivity contribution in [1.82, 2.24) is 0 Å². The molecule has 7 rings (SSSR count). The van der Waals surface area contributed by atoms with Gasteiger partial charge in [0.1, 0.15) is 6.10 Å². The Bertz CT molecular complexity index is 1030. The van der Waals surface area contributed by atoms with Crippen LogP contribution in [0.15, 0.2) is 54.6 Å². The van der Waals surface area contributed by atoms with Crippen LogP contribution in [-0.2, 0) is 11.2 Å². The minimum atomic E-state index is -0.110. The highest BCUT2D eigenvalue weighted by atomic mass is 16.5. The van der Waals surface area contributed by atoms with Gasteiger partial charge in [0.05, 0.1) is 5.56 Å². The van der Waals surface area contributed by atoms with E-state index in [1.54, 1.807) is 0 Å². The first-order chi connectivity index (χ1) is 13.8. The number of fused-ring (bicyclic) bond motifs is 12. The molecule has 4 bridgehead atoms. The predicted octanol–water partition coefficient (Wildman–Crippen LogP) is 5.26. The van der Waals surface area contributed by atoms with Crippen molar-refractivity contribution in [2.75, 3.05) is 0 Å². The molecular formula is C26H24O2. The summed E-state index contributed by atoms with van der Waals surface area (Å²) in [7, 11) is 0. The normalized spacial score (nSPS) is 37.8. The number of hydrogen-bond acceptors (Lipinski definition) is 2. The Balaban J connectivity index is 1.19. The maximum absolute atomic E-state index is 13.3. The molecule has 2 aromatic carbocycles. The minimum absolute atomic E-state index is 0.110. The van der Waals surface area contributed by atoms with E-state index in [-0.39, 0.29) is 12.1 Å². The molecule has 0 heterocycles. The van der Waals surface area contributed by atoms with Gasteiger partial charge in [0, 0.05) is 0 Å². The topological polar surface area (TPSA) is 26.3 Å². The van der Waals surface area contributed by atoms with Crippen LogP contribution in [-0.4, -0.2) is 12.1 Å². The Morgan fingerprint density at radius 3 is 2.61 bits per heavy atom. The monoisotopic (exact) mass is 368 g/mol. The molecule has 5 aliphatic carbocycles. The largest absolute Gasteiger partial charge is 0.458 e. The van der Waals surface area contributed by atoms with Gasteiger partial charge < -0.3 is 4.74 Å². The number of rotatable bonds is 2. The quantitative estimate of drug-likeness (QED) is 0.350. The second-order valence-corrected chi connectivity index (χ2v) is 9.62. The van der Waals surface area contributed by atoms with E-state index in [0.717, 1.165) is 53.6 Å². The van der Waals surface area contributed by atoms with Crippen LogP contribution < -0.4 is 0 Å². The zero-order valence-electron chi connectivity index (χ0n) is 15.9. The first-order valence-electron chi connectivity index (χ1n) is 10.9. The van der Waals surface area contributed by atoms with E-state index in [1.807, 2.05) is 12.1 Å². The van der Waals surface area contributed by atoms with Crippen molar-refractivity contribution in [1.29, 1.82) is 0 Å². The highest BCUT2D eigenvalue weighted by Gasteiger charge is 2.62. The zero-order chi connectivity index (χ0) is 18.4. The highest BCUT2D eigenvalue weighted by Crippen LogP contribution is 2.65. The maximum atomic E-state index is 13.3.